The Morgan fingerprint density at radius 1 is 1.82 bits per heavy atom. The van der Waals surface area contributed by atoms with Crippen molar-refractivity contribution < 1.29 is 9.90 Å². The summed E-state index contributed by atoms with van der Waals surface area (Å²) < 4.78 is 0. The third kappa shape index (κ3) is 1.93. The number of hydrogen-bond donors (Lipinski definition) is 2. The molecule has 3 heteroatoms. The first-order valence-corrected chi connectivity index (χ1v) is 3.91. The van der Waals surface area contributed by atoms with Gasteiger partial charge in [0.05, 0.1) is 6.42 Å². The van der Waals surface area contributed by atoms with Gasteiger partial charge in [0, 0.05) is 6.04 Å². The Hall–Kier alpha value is -0.570. The fourth-order valence-corrected chi connectivity index (χ4v) is 1.58. The Morgan fingerprint density at radius 3 is 2.55 bits per heavy atom. The SMILES string of the molecule is CC1(C)CC1[C@@H](N)CC(=O)O. The maximum absolute atomic E-state index is 10.3. The van der Waals surface area contributed by atoms with Crippen molar-refractivity contribution in [2.24, 2.45) is 17.1 Å². The number of hydrogen-bond acceptors (Lipinski definition) is 2. The van der Waals surface area contributed by atoms with E-state index in [-0.39, 0.29) is 17.9 Å². The molecule has 0 saturated heterocycles. The summed E-state index contributed by atoms with van der Waals surface area (Å²) in [5, 5.41) is 8.45. The second kappa shape index (κ2) is 2.48. The van der Waals surface area contributed by atoms with Crippen LogP contribution in [0, 0.1) is 11.3 Å². The summed E-state index contributed by atoms with van der Waals surface area (Å²) in [5.41, 5.74) is 5.96. The molecule has 1 aliphatic rings. The fourth-order valence-electron chi connectivity index (χ4n) is 1.58. The lowest BCUT2D eigenvalue weighted by Crippen LogP contribution is -2.27. The highest BCUT2D eigenvalue weighted by atomic mass is 16.4. The van der Waals surface area contributed by atoms with Crippen molar-refractivity contribution in [3.8, 4) is 0 Å². The Morgan fingerprint density at radius 2 is 2.27 bits per heavy atom. The highest BCUT2D eigenvalue weighted by Crippen LogP contribution is 2.53. The molecule has 0 heterocycles. The quantitative estimate of drug-likeness (QED) is 0.638. The number of carbonyl (C=O) groups is 1. The predicted octanol–water partition coefficient (Wildman–Crippen LogP) is 0.835. The summed E-state index contributed by atoms with van der Waals surface area (Å²) >= 11 is 0. The van der Waals surface area contributed by atoms with Gasteiger partial charge < -0.3 is 10.8 Å². The van der Waals surface area contributed by atoms with E-state index in [9.17, 15) is 4.79 Å². The molecule has 3 N–H and O–H groups in total. The van der Waals surface area contributed by atoms with Crippen LogP contribution in [0.25, 0.3) is 0 Å². The van der Waals surface area contributed by atoms with Crippen molar-refractivity contribution in [1.29, 1.82) is 0 Å². The Kier molecular flexibility index (Phi) is 1.92. The van der Waals surface area contributed by atoms with Crippen LogP contribution >= 0.6 is 0 Å². The van der Waals surface area contributed by atoms with E-state index in [1.165, 1.54) is 0 Å². The first kappa shape index (κ1) is 8.53. The van der Waals surface area contributed by atoms with Crippen LogP contribution in [-0.2, 0) is 4.79 Å². The molecule has 1 aliphatic carbocycles. The molecule has 0 bridgehead atoms. The van der Waals surface area contributed by atoms with Gasteiger partial charge in [-0.25, -0.2) is 0 Å². The second-order valence-electron chi connectivity index (χ2n) is 4.06. The lowest BCUT2D eigenvalue weighted by Gasteiger charge is -2.09. The first-order chi connectivity index (χ1) is 4.93. The van der Waals surface area contributed by atoms with Crippen LogP contribution in [-0.4, -0.2) is 17.1 Å². The van der Waals surface area contributed by atoms with E-state index in [4.69, 9.17) is 10.8 Å². The molecule has 1 saturated carbocycles. The van der Waals surface area contributed by atoms with E-state index in [1.54, 1.807) is 0 Å². The molecule has 0 aliphatic heterocycles. The lowest BCUT2D eigenvalue weighted by atomic mass is 10.0. The van der Waals surface area contributed by atoms with Gasteiger partial charge in [-0.2, -0.15) is 0 Å². The third-order valence-electron chi connectivity index (χ3n) is 2.52. The van der Waals surface area contributed by atoms with Crippen LogP contribution in [0.15, 0.2) is 0 Å². The summed E-state index contributed by atoms with van der Waals surface area (Å²) in [6, 6.07) is -0.150. The van der Waals surface area contributed by atoms with Gasteiger partial charge in [-0.15, -0.1) is 0 Å². The highest BCUT2D eigenvalue weighted by molar-refractivity contribution is 5.67. The van der Waals surface area contributed by atoms with Gasteiger partial charge in [0.1, 0.15) is 0 Å². The number of aliphatic carboxylic acids is 1. The van der Waals surface area contributed by atoms with E-state index in [0.717, 1.165) is 6.42 Å². The van der Waals surface area contributed by atoms with Gasteiger partial charge in [0.2, 0.25) is 0 Å². The van der Waals surface area contributed by atoms with E-state index < -0.39 is 5.97 Å². The summed E-state index contributed by atoms with van der Waals surface area (Å²) in [7, 11) is 0. The second-order valence-corrected chi connectivity index (χ2v) is 4.06. The molecule has 0 aromatic carbocycles. The molecule has 1 unspecified atom stereocenters. The lowest BCUT2D eigenvalue weighted by molar-refractivity contribution is -0.137. The molecule has 3 nitrogen and oxygen atoms in total. The van der Waals surface area contributed by atoms with Crippen molar-refractivity contribution in [3.63, 3.8) is 0 Å². The van der Waals surface area contributed by atoms with Crippen molar-refractivity contribution in [2.45, 2.75) is 32.7 Å². The molecule has 2 atom stereocenters. The summed E-state index contributed by atoms with van der Waals surface area (Å²) in [4.78, 5) is 10.3. The number of nitrogens with two attached hydrogens (primary N) is 1. The average molecular weight is 157 g/mol. The van der Waals surface area contributed by atoms with Crippen molar-refractivity contribution in [2.75, 3.05) is 0 Å². The van der Waals surface area contributed by atoms with Gasteiger partial charge >= 0.3 is 5.97 Å². The van der Waals surface area contributed by atoms with E-state index in [1.807, 2.05) is 0 Å². The van der Waals surface area contributed by atoms with Crippen LogP contribution in [0.5, 0.6) is 0 Å². The normalized spacial score (nSPS) is 29.5. The molecule has 1 fully saturated rings. The molecule has 64 valence electrons. The van der Waals surface area contributed by atoms with Gasteiger partial charge in [-0.3, -0.25) is 4.79 Å². The molecular weight excluding hydrogens is 142 g/mol. The molecule has 0 spiro atoms. The molecule has 0 aromatic heterocycles. The number of rotatable bonds is 3. The monoisotopic (exact) mass is 157 g/mol. The zero-order chi connectivity index (χ0) is 8.65. The van der Waals surface area contributed by atoms with E-state index in [2.05, 4.69) is 13.8 Å². The van der Waals surface area contributed by atoms with Gasteiger partial charge in [-0.05, 0) is 17.8 Å². The minimum absolute atomic E-state index is 0.105. The third-order valence-corrected chi connectivity index (χ3v) is 2.52. The predicted molar refractivity (Wildman–Crippen MR) is 42.1 cm³/mol. The largest absolute Gasteiger partial charge is 0.481 e. The van der Waals surface area contributed by atoms with Gasteiger partial charge in [0.15, 0.2) is 0 Å². The fraction of sp³-hybridized carbons (Fsp3) is 0.875. The molecule has 0 radical (unpaired) electrons. The van der Waals surface area contributed by atoms with E-state index in [0.29, 0.717) is 5.92 Å². The minimum atomic E-state index is -0.791. The minimum Gasteiger partial charge on any atom is -0.481 e. The summed E-state index contributed by atoms with van der Waals surface area (Å²) in [5.74, 6) is -0.376. The van der Waals surface area contributed by atoms with Crippen LogP contribution in [0.2, 0.25) is 0 Å². The molecule has 0 aromatic rings. The van der Waals surface area contributed by atoms with Crippen LogP contribution in [0.4, 0.5) is 0 Å². The molecule has 1 rings (SSSR count). The van der Waals surface area contributed by atoms with E-state index >= 15 is 0 Å². The Bertz CT molecular complexity index is 177. The maximum Gasteiger partial charge on any atom is 0.304 e. The van der Waals surface area contributed by atoms with Gasteiger partial charge in [0.25, 0.3) is 0 Å². The topological polar surface area (TPSA) is 63.3 Å². The average Bonchev–Trinajstić information content (AvgIpc) is 2.38. The van der Waals surface area contributed by atoms with Crippen molar-refractivity contribution in [3.05, 3.63) is 0 Å². The molecular formula is C8H15NO2. The molecule has 0 amide bonds. The van der Waals surface area contributed by atoms with Crippen LogP contribution in [0.1, 0.15) is 26.7 Å². The standard InChI is InChI=1S/C8H15NO2/c1-8(2)4-5(8)6(9)3-7(10)11/h5-6H,3-4,9H2,1-2H3,(H,10,11)/t5?,6-/m0/s1. The zero-order valence-corrected chi connectivity index (χ0v) is 7.00. The summed E-state index contributed by atoms with van der Waals surface area (Å²) in [6.45, 7) is 4.25. The van der Waals surface area contributed by atoms with Crippen LogP contribution < -0.4 is 5.73 Å². The molecule has 11 heavy (non-hydrogen) atoms. The Labute approximate surface area is 66.6 Å². The Balaban J connectivity index is 2.34. The zero-order valence-electron chi connectivity index (χ0n) is 7.00. The number of carboxylic acid groups (broad SMARTS) is 1. The van der Waals surface area contributed by atoms with Crippen molar-refractivity contribution in [1.82, 2.24) is 0 Å². The smallest absolute Gasteiger partial charge is 0.304 e. The van der Waals surface area contributed by atoms with Gasteiger partial charge in [-0.1, -0.05) is 13.8 Å². The highest BCUT2D eigenvalue weighted by Gasteiger charge is 2.49. The summed E-state index contributed by atoms with van der Waals surface area (Å²) in [6.07, 6.45) is 1.18. The maximum atomic E-state index is 10.3. The van der Waals surface area contributed by atoms with Crippen LogP contribution in [0.3, 0.4) is 0 Å². The first-order valence-electron chi connectivity index (χ1n) is 3.91. The van der Waals surface area contributed by atoms with Crippen molar-refractivity contribution >= 4 is 5.97 Å². The number of carboxylic acids is 1.